The van der Waals surface area contributed by atoms with Gasteiger partial charge in [-0.2, -0.15) is 4.98 Å². The number of nitrogen functional groups attached to an aromatic ring is 1. The van der Waals surface area contributed by atoms with Gasteiger partial charge in [-0.05, 0) is 10.7 Å². The van der Waals surface area contributed by atoms with Gasteiger partial charge in [-0.1, -0.05) is 30.3 Å². The van der Waals surface area contributed by atoms with Crippen LogP contribution in [0.25, 0.3) is 0 Å². The number of hydrogen-bond acceptors (Lipinski definition) is 4. The second kappa shape index (κ2) is 4.62. The molecule has 2 rings (SSSR count). The molecule has 0 spiro atoms. The zero-order valence-electron chi connectivity index (χ0n) is 7.38. The van der Waals surface area contributed by atoms with Gasteiger partial charge in [0.1, 0.15) is 0 Å². The number of rotatable bonds is 2. The van der Waals surface area contributed by atoms with E-state index in [0.29, 0.717) is 12.3 Å². The summed E-state index contributed by atoms with van der Waals surface area (Å²) in [5.74, 6) is 0.731. The fourth-order valence-electron chi connectivity index (χ4n) is 1.11. The van der Waals surface area contributed by atoms with Gasteiger partial charge in [0.05, 0.1) is 6.42 Å². The molecular formula is C9H10ClN3O. The van der Waals surface area contributed by atoms with Crippen molar-refractivity contribution < 1.29 is 4.52 Å². The molecule has 0 radical (unpaired) electrons. The molecule has 1 aromatic heterocycles. The lowest BCUT2D eigenvalue weighted by atomic mass is 10.2. The largest absolute Gasteiger partial charge is 0.365 e. The molecule has 0 amide bonds. The van der Waals surface area contributed by atoms with Crippen LogP contribution in [0.15, 0.2) is 34.9 Å². The van der Waals surface area contributed by atoms with Crippen LogP contribution in [0.4, 0.5) is 5.95 Å². The summed E-state index contributed by atoms with van der Waals surface area (Å²) in [6.45, 7) is 0. The Hall–Kier alpha value is -1.55. The third kappa shape index (κ3) is 2.47. The molecular weight excluding hydrogens is 202 g/mol. The highest BCUT2D eigenvalue weighted by Gasteiger charge is 2.03. The fraction of sp³-hybridized carbons (Fsp3) is 0.111. The average molecular weight is 212 g/mol. The molecule has 1 aromatic carbocycles. The molecule has 0 atom stereocenters. The molecule has 0 unspecified atom stereocenters. The maximum absolute atomic E-state index is 5.32. The first-order chi connectivity index (χ1) is 6.34. The van der Waals surface area contributed by atoms with E-state index in [-0.39, 0.29) is 18.4 Å². The van der Waals surface area contributed by atoms with E-state index in [4.69, 9.17) is 10.3 Å². The van der Waals surface area contributed by atoms with Crippen molar-refractivity contribution in [2.45, 2.75) is 6.42 Å². The summed E-state index contributed by atoms with van der Waals surface area (Å²) in [4.78, 5) is 3.91. The number of halogens is 1. The molecule has 0 aliphatic rings. The SMILES string of the molecule is Cl.Nc1noc(Cc2ccccc2)n1. The first-order valence-electron chi connectivity index (χ1n) is 3.96. The molecule has 0 aliphatic heterocycles. The molecule has 0 bridgehead atoms. The predicted octanol–water partition coefficient (Wildman–Crippen LogP) is 1.66. The van der Waals surface area contributed by atoms with Crippen LogP contribution in [0, 0.1) is 0 Å². The van der Waals surface area contributed by atoms with Gasteiger partial charge in [-0.25, -0.2) is 0 Å². The minimum absolute atomic E-state index is 0. The van der Waals surface area contributed by atoms with E-state index >= 15 is 0 Å². The number of aromatic nitrogens is 2. The van der Waals surface area contributed by atoms with E-state index in [2.05, 4.69) is 10.1 Å². The van der Waals surface area contributed by atoms with E-state index in [1.807, 2.05) is 30.3 Å². The monoisotopic (exact) mass is 211 g/mol. The van der Waals surface area contributed by atoms with Crippen LogP contribution in [0.3, 0.4) is 0 Å². The third-order valence-corrected chi connectivity index (χ3v) is 1.68. The molecule has 14 heavy (non-hydrogen) atoms. The van der Waals surface area contributed by atoms with Crippen LogP contribution in [0.5, 0.6) is 0 Å². The fourth-order valence-corrected chi connectivity index (χ4v) is 1.11. The summed E-state index contributed by atoms with van der Waals surface area (Å²) >= 11 is 0. The Kier molecular flexibility index (Phi) is 3.48. The minimum atomic E-state index is 0. The highest BCUT2D eigenvalue weighted by Crippen LogP contribution is 2.07. The Morgan fingerprint density at radius 3 is 2.50 bits per heavy atom. The second-order valence-electron chi connectivity index (χ2n) is 2.71. The summed E-state index contributed by atoms with van der Waals surface area (Å²) in [5.41, 5.74) is 6.45. The second-order valence-corrected chi connectivity index (χ2v) is 2.71. The number of nitrogens with zero attached hydrogens (tertiary/aromatic N) is 2. The zero-order valence-corrected chi connectivity index (χ0v) is 8.20. The van der Waals surface area contributed by atoms with Gasteiger partial charge >= 0.3 is 0 Å². The topological polar surface area (TPSA) is 64.9 Å². The van der Waals surface area contributed by atoms with Crippen LogP contribution in [-0.4, -0.2) is 10.1 Å². The van der Waals surface area contributed by atoms with Gasteiger partial charge in [0.15, 0.2) is 0 Å². The lowest BCUT2D eigenvalue weighted by molar-refractivity contribution is 0.386. The summed E-state index contributed by atoms with van der Waals surface area (Å²) in [6, 6.07) is 9.90. The van der Waals surface area contributed by atoms with Crippen molar-refractivity contribution in [1.82, 2.24) is 10.1 Å². The Balaban J connectivity index is 0.000000980. The standard InChI is InChI=1S/C9H9N3O.ClH/c10-9-11-8(13-12-9)6-7-4-2-1-3-5-7;/h1-5H,6H2,(H2,10,12);1H. The van der Waals surface area contributed by atoms with Crippen LogP contribution >= 0.6 is 12.4 Å². The first kappa shape index (κ1) is 10.5. The highest BCUT2D eigenvalue weighted by atomic mass is 35.5. The van der Waals surface area contributed by atoms with E-state index in [9.17, 15) is 0 Å². The average Bonchev–Trinajstić information content (AvgIpc) is 2.53. The predicted molar refractivity (Wildman–Crippen MR) is 55.2 cm³/mol. The summed E-state index contributed by atoms with van der Waals surface area (Å²) < 4.78 is 4.88. The molecule has 0 saturated carbocycles. The summed E-state index contributed by atoms with van der Waals surface area (Å²) in [6.07, 6.45) is 0.630. The number of benzene rings is 1. The Morgan fingerprint density at radius 1 is 1.21 bits per heavy atom. The van der Waals surface area contributed by atoms with Crippen LogP contribution in [0.2, 0.25) is 0 Å². The molecule has 0 aliphatic carbocycles. The van der Waals surface area contributed by atoms with Crippen LogP contribution in [0.1, 0.15) is 11.5 Å². The third-order valence-electron chi connectivity index (χ3n) is 1.68. The van der Waals surface area contributed by atoms with Gasteiger partial charge in [-0.15, -0.1) is 12.4 Å². The Labute approximate surface area is 87.5 Å². The first-order valence-corrected chi connectivity index (χ1v) is 3.96. The van der Waals surface area contributed by atoms with Crippen molar-refractivity contribution in [1.29, 1.82) is 0 Å². The Bertz CT molecular complexity index is 388. The van der Waals surface area contributed by atoms with Gasteiger partial charge in [-0.3, -0.25) is 0 Å². The number of hydrogen-bond donors (Lipinski definition) is 1. The lowest BCUT2D eigenvalue weighted by Gasteiger charge is -1.93. The molecule has 74 valence electrons. The van der Waals surface area contributed by atoms with Crippen molar-refractivity contribution >= 4 is 18.4 Å². The maximum Gasteiger partial charge on any atom is 0.260 e. The number of anilines is 1. The van der Waals surface area contributed by atoms with E-state index in [0.717, 1.165) is 5.56 Å². The normalized spacial score (nSPS) is 9.43. The summed E-state index contributed by atoms with van der Waals surface area (Å²) in [5, 5.41) is 3.50. The van der Waals surface area contributed by atoms with Crippen molar-refractivity contribution in [3.63, 3.8) is 0 Å². The van der Waals surface area contributed by atoms with Crippen molar-refractivity contribution in [2.24, 2.45) is 0 Å². The van der Waals surface area contributed by atoms with Gasteiger partial charge < -0.3 is 10.3 Å². The van der Waals surface area contributed by atoms with Gasteiger partial charge in [0, 0.05) is 0 Å². The van der Waals surface area contributed by atoms with Gasteiger partial charge in [0.25, 0.3) is 5.95 Å². The van der Waals surface area contributed by atoms with Crippen molar-refractivity contribution in [3.05, 3.63) is 41.8 Å². The van der Waals surface area contributed by atoms with Crippen molar-refractivity contribution in [3.8, 4) is 0 Å². The molecule has 2 N–H and O–H groups in total. The van der Waals surface area contributed by atoms with E-state index < -0.39 is 0 Å². The molecule has 0 saturated heterocycles. The zero-order chi connectivity index (χ0) is 9.10. The van der Waals surface area contributed by atoms with Gasteiger partial charge in [0.2, 0.25) is 5.89 Å². The van der Waals surface area contributed by atoms with Crippen molar-refractivity contribution in [2.75, 3.05) is 5.73 Å². The number of nitrogens with two attached hydrogens (primary N) is 1. The maximum atomic E-state index is 5.32. The molecule has 2 aromatic rings. The smallest absolute Gasteiger partial charge is 0.260 e. The summed E-state index contributed by atoms with van der Waals surface area (Å²) in [7, 11) is 0. The highest BCUT2D eigenvalue weighted by molar-refractivity contribution is 5.85. The Morgan fingerprint density at radius 2 is 1.93 bits per heavy atom. The lowest BCUT2D eigenvalue weighted by Crippen LogP contribution is -1.89. The van der Waals surface area contributed by atoms with Crippen LogP contribution in [-0.2, 0) is 6.42 Å². The van der Waals surface area contributed by atoms with Crippen LogP contribution < -0.4 is 5.73 Å². The van der Waals surface area contributed by atoms with E-state index in [1.54, 1.807) is 0 Å². The quantitative estimate of drug-likeness (QED) is 0.821. The molecule has 4 nitrogen and oxygen atoms in total. The van der Waals surface area contributed by atoms with E-state index in [1.165, 1.54) is 0 Å². The molecule has 5 heteroatoms. The molecule has 0 fully saturated rings. The molecule has 1 heterocycles. The minimum Gasteiger partial charge on any atom is -0.365 e.